The van der Waals surface area contributed by atoms with E-state index >= 15 is 0 Å². The molecule has 0 aliphatic rings. The Morgan fingerprint density at radius 1 is 1.06 bits per heavy atom. The predicted octanol–water partition coefficient (Wildman–Crippen LogP) is 4.71. The summed E-state index contributed by atoms with van der Waals surface area (Å²) in [7, 11) is -2.56. The highest BCUT2D eigenvalue weighted by atomic mass is 79.9. The molecule has 0 unspecified atom stereocenters. The number of carbonyl (C=O) groups is 1. The minimum atomic E-state index is -4.13. The van der Waals surface area contributed by atoms with E-state index in [1.807, 2.05) is 47.2 Å². The number of carbonyl (C=O) groups excluding carboxylic acids is 1. The quantitative estimate of drug-likeness (QED) is 0.364. The molecule has 0 fully saturated rings. The summed E-state index contributed by atoms with van der Waals surface area (Å²) in [5, 5.41) is 4.36. The molecule has 0 aliphatic heterocycles. The Balaban J connectivity index is 1.66. The third-order valence-corrected chi connectivity index (χ3v) is 6.89. The average molecular weight is 544 g/mol. The normalized spacial score (nSPS) is 11.3. The molecule has 0 spiro atoms. The van der Waals surface area contributed by atoms with Crippen LogP contribution in [0.2, 0.25) is 0 Å². The van der Waals surface area contributed by atoms with Gasteiger partial charge in [-0.1, -0.05) is 34.1 Å². The van der Waals surface area contributed by atoms with Gasteiger partial charge in [-0.25, -0.2) is 22.2 Å². The summed E-state index contributed by atoms with van der Waals surface area (Å²) in [5.41, 5.74) is 2.14. The molecule has 4 rings (SSSR count). The number of benzene rings is 3. The van der Waals surface area contributed by atoms with E-state index in [0.29, 0.717) is 21.6 Å². The number of methoxy groups -OCH3 is 1. The Morgan fingerprint density at radius 3 is 2.44 bits per heavy atom. The Bertz CT molecular complexity index is 1440. The molecular weight excluding hydrogens is 525 g/mol. The van der Waals surface area contributed by atoms with Crippen LogP contribution in [0.25, 0.3) is 16.9 Å². The van der Waals surface area contributed by atoms with E-state index in [4.69, 9.17) is 4.74 Å². The highest BCUT2D eigenvalue weighted by molar-refractivity contribution is 9.10. The van der Waals surface area contributed by atoms with Crippen LogP contribution in [-0.4, -0.2) is 31.2 Å². The summed E-state index contributed by atoms with van der Waals surface area (Å²) in [5.74, 6) is -1.38. The number of para-hydroxylation sites is 1. The molecule has 1 aromatic heterocycles. The van der Waals surface area contributed by atoms with Crippen molar-refractivity contribution in [3.63, 3.8) is 0 Å². The standard InChI is InChI=1S/C24H19BrFN3O4S/c1-33-20-10-7-16(8-11-20)23-14-22(27-29(23)19-5-3-2-4-6-19)24(30)28-34(31,32)15-17-13-18(26)9-12-21(17)25/h2-14H,15H2,1H3,(H,28,30). The van der Waals surface area contributed by atoms with Crippen molar-refractivity contribution in [3.8, 4) is 22.7 Å². The van der Waals surface area contributed by atoms with Crippen molar-refractivity contribution < 1.29 is 22.3 Å². The summed E-state index contributed by atoms with van der Waals surface area (Å²) in [6.45, 7) is 0. The average Bonchev–Trinajstić information content (AvgIpc) is 3.27. The molecule has 0 aliphatic carbocycles. The first-order valence-corrected chi connectivity index (χ1v) is 12.5. The van der Waals surface area contributed by atoms with E-state index in [9.17, 15) is 17.6 Å². The summed E-state index contributed by atoms with van der Waals surface area (Å²) < 4.78 is 48.0. The zero-order valence-corrected chi connectivity index (χ0v) is 20.3. The Morgan fingerprint density at radius 2 is 1.76 bits per heavy atom. The molecule has 3 aromatic carbocycles. The fraction of sp³-hybridized carbons (Fsp3) is 0.0833. The van der Waals surface area contributed by atoms with Gasteiger partial charge in [0.25, 0.3) is 5.91 Å². The maximum absolute atomic E-state index is 13.5. The largest absolute Gasteiger partial charge is 0.497 e. The van der Waals surface area contributed by atoms with Crippen molar-refractivity contribution in [3.05, 3.63) is 100 Å². The zero-order chi connectivity index (χ0) is 24.3. The molecule has 0 bridgehead atoms. The molecule has 174 valence electrons. The number of sulfonamides is 1. The highest BCUT2D eigenvalue weighted by Crippen LogP contribution is 2.26. The number of rotatable bonds is 7. The number of halogens is 2. The molecule has 7 nitrogen and oxygen atoms in total. The monoisotopic (exact) mass is 543 g/mol. The molecule has 1 amide bonds. The van der Waals surface area contributed by atoms with Gasteiger partial charge in [0, 0.05) is 10.0 Å². The third-order valence-electron chi connectivity index (χ3n) is 4.93. The number of aromatic nitrogens is 2. The van der Waals surface area contributed by atoms with Crippen molar-refractivity contribution in [2.24, 2.45) is 0 Å². The van der Waals surface area contributed by atoms with Gasteiger partial charge in [-0.2, -0.15) is 5.10 Å². The van der Waals surface area contributed by atoms with Crippen LogP contribution in [0.15, 0.2) is 83.3 Å². The van der Waals surface area contributed by atoms with Crippen molar-refractivity contribution in [1.29, 1.82) is 0 Å². The molecule has 10 heteroatoms. The molecule has 34 heavy (non-hydrogen) atoms. The van der Waals surface area contributed by atoms with Crippen LogP contribution in [-0.2, 0) is 15.8 Å². The smallest absolute Gasteiger partial charge is 0.285 e. The van der Waals surface area contributed by atoms with E-state index < -0.39 is 27.5 Å². The van der Waals surface area contributed by atoms with Crippen molar-refractivity contribution in [2.45, 2.75) is 5.75 Å². The Hall–Kier alpha value is -3.50. The lowest BCUT2D eigenvalue weighted by molar-refractivity contribution is 0.0976. The number of nitrogens with zero attached hydrogens (tertiary/aromatic N) is 2. The summed E-state index contributed by atoms with van der Waals surface area (Å²) in [6, 6.07) is 21.6. The lowest BCUT2D eigenvalue weighted by atomic mass is 10.1. The topological polar surface area (TPSA) is 90.3 Å². The van der Waals surface area contributed by atoms with E-state index in [1.165, 1.54) is 18.2 Å². The van der Waals surface area contributed by atoms with Gasteiger partial charge in [-0.15, -0.1) is 0 Å². The van der Waals surface area contributed by atoms with Gasteiger partial charge in [0.05, 0.1) is 24.2 Å². The van der Waals surface area contributed by atoms with Crippen LogP contribution in [0.3, 0.4) is 0 Å². The predicted molar refractivity (Wildman–Crippen MR) is 130 cm³/mol. The molecule has 1 heterocycles. The van der Waals surface area contributed by atoms with Gasteiger partial charge < -0.3 is 4.74 Å². The third kappa shape index (κ3) is 5.35. The molecule has 0 saturated heterocycles. The van der Waals surface area contributed by atoms with Gasteiger partial charge in [0.1, 0.15) is 11.6 Å². The van der Waals surface area contributed by atoms with Crippen LogP contribution in [0.4, 0.5) is 4.39 Å². The lowest BCUT2D eigenvalue weighted by Gasteiger charge is -2.08. The van der Waals surface area contributed by atoms with Gasteiger partial charge in [0.15, 0.2) is 5.69 Å². The summed E-state index contributed by atoms with van der Waals surface area (Å²) in [6.07, 6.45) is 0. The second-order valence-electron chi connectivity index (χ2n) is 7.32. The Kier molecular flexibility index (Phi) is 6.80. The lowest BCUT2D eigenvalue weighted by Crippen LogP contribution is -2.32. The Labute approximate surface area is 204 Å². The van der Waals surface area contributed by atoms with Crippen LogP contribution < -0.4 is 9.46 Å². The molecule has 4 aromatic rings. The van der Waals surface area contributed by atoms with Crippen LogP contribution in [0.5, 0.6) is 5.75 Å². The maximum Gasteiger partial charge on any atom is 0.285 e. The molecular formula is C24H19BrFN3O4S. The summed E-state index contributed by atoms with van der Waals surface area (Å²) >= 11 is 3.20. The summed E-state index contributed by atoms with van der Waals surface area (Å²) in [4.78, 5) is 12.9. The van der Waals surface area contributed by atoms with Gasteiger partial charge in [-0.3, -0.25) is 4.79 Å². The van der Waals surface area contributed by atoms with E-state index in [-0.39, 0.29) is 11.3 Å². The van der Waals surface area contributed by atoms with Gasteiger partial charge in [0.2, 0.25) is 10.0 Å². The molecule has 0 radical (unpaired) electrons. The first kappa shape index (κ1) is 23.7. The van der Waals surface area contributed by atoms with E-state index in [1.54, 1.807) is 23.9 Å². The van der Waals surface area contributed by atoms with Crippen molar-refractivity contribution in [2.75, 3.05) is 7.11 Å². The van der Waals surface area contributed by atoms with Gasteiger partial charge in [-0.05, 0) is 66.2 Å². The van der Waals surface area contributed by atoms with E-state index in [2.05, 4.69) is 21.0 Å². The second kappa shape index (κ2) is 9.78. The number of nitrogens with one attached hydrogen (secondary N) is 1. The zero-order valence-electron chi connectivity index (χ0n) is 17.9. The minimum Gasteiger partial charge on any atom is -0.497 e. The second-order valence-corrected chi connectivity index (χ2v) is 9.89. The fourth-order valence-electron chi connectivity index (χ4n) is 3.31. The molecule has 0 atom stereocenters. The molecule has 0 saturated carbocycles. The fourth-order valence-corrected chi connectivity index (χ4v) is 4.99. The minimum absolute atomic E-state index is 0.0865. The number of hydrogen-bond donors (Lipinski definition) is 1. The van der Waals surface area contributed by atoms with Crippen molar-refractivity contribution >= 4 is 31.9 Å². The van der Waals surface area contributed by atoms with Crippen LogP contribution in [0, 0.1) is 5.82 Å². The highest BCUT2D eigenvalue weighted by Gasteiger charge is 2.22. The van der Waals surface area contributed by atoms with Crippen molar-refractivity contribution in [1.82, 2.24) is 14.5 Å². The number of amides is 1. The first-order valence-electron chi connectivity index (χ1n) is 10.0. The SMILES string of the molecule is COc1ccc(-c2cc(C(=O)NS(=O)(=O)Cc3cc(F)ccc3Br)nn2-c2ccccc2)cc1. The number of hydrogen-bond acceptors (Lipinski definition) is 5. The van der Waals surface area contributed by atoms with Crippen LogP contribution >= 0.6 is 15.9 Å². The van der Waals surface area contributed by atoms with Crippen LogP contribution in [0.1, 0.15) is 16.1 Å². The van der Waals surface area contributed by atoms with Gasteiger partial charge >= 0.3 is 0 Å². The first-order chi connectivity index (χ1) is 16.3. The van der Waals surface area contributed by atoms with E-state index in [0.717, 1.165) is 11.6 Å². The number of ether oxygens (including phenoxy) is 1. The molecule has 1 N–H and O–H groups in total. The maximum atomic E-state index is 13.5.